The van der Waals surface area contributed by atoms with Crippen molar-refractivity contribution in [2.24, 2.45) is 0 Å². The van der Waals surface area contributed by atoms with Crippen LogP contribution in [0.4, 0.5) is 0 Å². The van der Waals surface area contributed by atoms with E-state index in [0.29, 0.717) is 0 Å². The second-order valence-electron chi connectivity index (χ2n) is 24.1. The predicted molar refractivity (Wildman–Crippen MR) is 301 cm³/mol. The van der Waals surface area contributed by atoms with Gasteiger partial charge < -0.3 is 201 Å². The molecule has 47 heteroatoms. The van der Waals surface area contributed by atoms with Gasteiger partial charge in [-0.1, -0.05) is 0 Å². The molecule has 6 aliphatic heterocycles. The molecule has 0 saturated carbocycles. The first-order valence-electron chi connectivity index (χ1n) is 30.5. The summed E-state index contributed by atoms with van der Waals surface area (Å²) in [6.45, 7) is -11.3. The summed E-state index contributed by atoms with van der Waals surface area (Å²) in [5.41, 5.74) is 0. The van der Waals surface area contributed by atoms with E-state index in [4.69, 9.17) is 52.1 Å². The van der Waals surface area contributed by atoms with Crippen molar-refractivity contribution < 1.29 is 213 Å². The molecule has 576 valence electrons. The van der Waals surface area contributed by atoms with Gasteiger partial charge >= 0.3 is 17.9 Å². The average Bonchev–Trinajstić information content (AvgIpc) is 0.766. The third-order valence-corrected chi connectivity index (χ3v) is 17.3. The van der Waals surface area contributed by atoms with E-state index in [2.05, 4.69) is 5.32 Å². The minimum atomic E-state index is -3.68. The molecule has 0 radical (unpaired) electrons. The molecule has 47 nitrogen and oxygen atoms in total. The van der Waals surface area contributed by atoms with Crippen LogP contribution in [0.3, 0.4) is 0 Å². The Labute approximate surface area is 561 Å². The first-order valence-corrected chi connectivity index (χ1v) is 30.5. The minimum absolute atomic E-state index is 0.903. The van der Waals surface area contributed by atoms with Gasteiger partial charge in [0.2, 0.25) is 23.6 Å². The summed E-state index contributed by atoms with van der Waals surface area (Å²) in [5.74, 6) is -22.7. The van der Waals surface area contributed by atoms with E-state index in [9.17, 15) is 161 Å². The molecule has 0 aromatic heterocycles. The molecular weight excluding hydrogens is 1380 g/mol. The third kappa shape index (κ3) is 18.4. The fourth-order valence-electron chi connectivity index (χ4n) is 12.1. The topological polar surface area (TPSA) is 775 Å². The summed E-state index contributed by atoms with van der Waals surface area (Å²) < 4.78 is 61.5. The fraction of sp³-hybridized carbons (Fsp3) is 0.868. The predicted octanol–water partition coefficient (Wildman–Crippen LogP) is -19.0. The van der Waals surface area contributed by atoms with Crippen molar-refractivity contribution in [2.75, 3.05) is 59.5 Å². The summed E-state index contributed by atoms with van der Waals surface area (Å²) in [6.07, 6.45) is -63.9. The monoisotopic (exact) mass is 1470 g/mol. The summed E-state index contributed by atoms with van der Waals surface area (Å²) >= 11 is 0. The highest BCUT2D eigenvalue weighted by Gasteiger charge is 2.64. The zero-order valence-corrected chi connectivity index (χ0v) is 52.3. The number of nitrogens with one attached hydrogen (secondary N) is 4. The molecule has 29 N–H and O–H groups in total. The van der Waals surface area contributed by atoms with Gasteiger partial charge in [0.1, 0.15) is 148 Å². The van der Waals surface area contributed by atoms with Crippen molar-refractivity contribution in [3.63, 3.8) is 0 Å². The summed E-state index contributed by atoms with van der Waals surface area (Å²) in [6, 6.07) is -8.34. The highest BCUT2D eigenvalue weighted by molar-refractivity contribution is 5.80. The lowest BCUT2D eigenvalue weighted by Crippen LogP contribution is -2.72. The lowest BCUT2D eigenvalue weighted by atomic mass is 9.86. The van der Waals surface area contributed by atoms with E-state index in [1.165, 1.54) is 0 Å². The van der Waals surface area contributed by atoms with Crippen molar-refractivity contribution in [1.29, 1.82) is 0 Å². The molecule has 100 heavy (non-hydrogen) atoms. The maximum atomic E-state index is 13.6. The van der Waals surface area contributed by atoms with Crippen LogP contribution in [0.1, 0.15) is 26.2 Å². The van der Waals surface area contributed by atoms with Crippen molar-refractivity contribution in [2.45, 2.75) is 227 Å². The van der Waals surface area contributed by atoms with Gasteiger partial charge in [-0.2, -0.15) is 0 Å². The Kier molecular flexibility index (Phi) is 29.9. The molecule has 6 rings (SSSR count). The van der Waals surface area contributed by atoms with E-state index in [1.54, 1.807) is 0 Å². The number of carboxylic acids is 3. The highest BCUT2D eigenvalue weighted by Crippen LogP contribution is 2.42. The van der Waals surface area contributed by atoms with Crippen LogP contribution in [-0.4, -0.2) is 429 Å². The first-order chi connectivity index (χ1) is 46.9. The number of carbonyl (C=O) groups is 7. The van der Waals surface area contributed by atoms with Crippen LogP contribution < -0.4 is 21.3 Å². The lowest BCUT2D eigenvalue weighted by molar-refractivity contribution is -0.374. The maximum Gasteiger partial charge on any atom is 0.364 e. The zero-order chi connectivity index (χ0) is 75.0. The average molecular weight is 1470 g/mol. The summed E-state index contributed by atoms with van der Waals surface area (Å²) in [5, 5.41) is 277. The number of carbonyl (C=O) groups excluding carboxylic acids is 4. The molecule has 0 spiro atoms. The fourth-order valence-corrected chi connectivity index (χ4v) is 12.1. The van der Waals surface area contributed by atoms with Gasteiger partial charge in [0.15, 0.2) is 18.9 Å². The number of aliphatic carboxylic acids is 3. The number of carboxylic acid groups (broad SMARTS) is 3. The lowest BCUT2D eigenvalue weighted by Gasteiger charge is -2.51. The van der Waals surface area contributed by atoms with Crippen LogP contribution in [0.2, 0.25) is 0 Å². The second-order valence-corrected chi connectivity index (χ2v) is 24.1. The maximum absolute atomic E-state index is 13.6. The number of aliphatic hydroxyl groups is 22. The van der Waals surface area contributed by atoms with Crippen LogP contribution in [-0.2, 0) is 85.7 Å². The number of amides is 4. The van der Waals surface area contributed by atoms with Crippen molar-refractivity contribution in [1.82, 2.24) is 21.3 Å². The van der Waals surface area contributed by atoms with Crippen LogP contribution >= 0.6 is 0 Å². The Morgan fingerprint density at radius 3 is 1.22 bits per heavy atom. The minimum Gasteiger partial charge on any atom is -0.477 e. The van der Waals surface area contributed by atoms with Gasteiger partial charge in [0.05, 0.1) is 76.1 Å². The molecular formula is C53H86N4O43. The molecule has 0 bridgehead atoms. The molecule has 6 saturated heterocycles. The Morgan fingerprint density at radius 1 is 0.440 bits per heavy atom. The summed E-state index contributed by atoms with van der Waals surface area (Å²) in [7, 11) is 0. The third-order valence-electron chi connectivity index (χ3n) is 17.3. The SMILES string of the molecule is CC(=O)N[C@H]1C(O)O[C@H](CO[C@]2(C(=O)O)C[C@H](O)[C@@H](NC(=O)CO)[C@H]([C@H](O)[C@@H](CO)O[C@]3(C(=O)O)C[C@H](O)[C@@H](NC(=O)CO)[C@H]([C@H](O)[C@@H](CO)O[C@]4(C(=O)O)C[C@H](O)[C@@H](NC(=O)CO)[C@H]([C@H](O)[C@H](O)CO)O4)O3)O2)[C@H](O)[C@@H]1O[C@@H]1O[C@H](CO)[C@H](O[C@@H]2O[C@H](CO)[C@H](O)[C@H](O)[C@H]2O)[C@H](O)[C@H]1O. The van der Waals surface area contributed by atoms with E-state index in [1.807, 2.05) is 16.0 Å². The Hall–Kier alpha value is -5.03. The number of hydrogen-bond donors (Lipinski definition) is 29. The molecule has 6 fully saturated rings. The van der Waals surface area contributed by atoms with Gasteiger partial charge in [-0.05, 0) is 0 Å². The quantitative estimate of drug-likeness (QED) is 0.0297. The molecule has 6 heterocycles. The van der Waals surface area contributed by atoms with Crippen LogP contribution in [0.5, 0.6) is 0 Å². The number of hydrogen-bond acceptors (Lipinski definition) is 40. The van der Waals surface area contributed by atoms with Crippen LogP contribution in [0.25, 0.3) is 0 Å². The largest absolute Gasteiger partial charge is 0.477 e. The first kappa shape index (κ1) is 83.9. The van der Waals surface area contributed by atoms with Gasteiger partial charge in [0, 0.05) is 26.2 Å². The van der Waals surface area contributed by atoms with Gasteiger partial charge in [-0.25, -0.2) is 14.4 Å². The van der Waals surface area contributed by atoms with E-state index in [-0.39, 0.29) is 0 Å². The highest BCUT2D eigenvalue weighted by atomic mass is 16.8. The summed E-state index contributed by atoms with van der Waals surface area (Å²) in [4.78, 5) is 90.4. The molecule has 0 aliphatic carbocycles. The van der Waals surface area contributed by atoms with Crippen LogP contribution in [0, 0.1) is 0 Å². The molecule has 0 aromatic rings. The molecule has 6 aliphatic rings. The van der Waals surface area contributed by atoms with Crippen LogP contribution in [0.15, 0.2) is 0 Å². The van der Waals surface area contributed by atoms with Crippen molar-refractivity contribution in [3.05, 3.63) is 0 Å². The van der Waals surface area contributed by atoms with Crippen molar-refractivity contribution >= 4 is 41.5 Å². The standard InChI is InChI=1S/C53H86N4O43/c1-14(66)54-30-41(95-47-39(82)37(80)40(22(9-62)93-47)94-46-38(81)36(79)32(75)19(6-59)92-46)35(78)23(91-45(30)83)13-90-51(48(84)85)2-15(67)28(56-25(72)11-64)43(98-51)33(76)20(7-60)97-53(50(88)89)4-17(69)29(57-26(73)12-65)44(100-53)34(77)21(8-61)96-52(49(86)87)3-16(68)27(55-24(71)10-63)42(99-52)31(74)18(70)5-58/h15-23,27-47,58-65,67-70,74-83H,2-13H2,1H3,(H,54,66)(H,55,71)(H,56,72)(H,57,73)(H,84,85)(H,86,87)(H,88,89)/t15-,16-,17-,18+,19+,20+,21+,22+,23+,27+,28+,29+,30+,31+,32-,33+,34+,35-,36-,37+,38+,39+,40-,41+,42+,43+,44+,45?,46-,47-,51+,52+,53+/m0/s1. The zero-order valence-electron chi connectivity index (χ0n) is 52.3. The second kappa shape index (κ2) is 35.6. The van der Waals surface area contributed by atoms with E-state index < -0.39 is 321 Å². The Bertz CT molecular complexity index is 2730. The molecule has 0 aromatic carbocycles. The molecule has 1 unspecified atom stereocenters. The Morgan fingerprint density at radius 2 is 0.830 bits per heavy atom. The van der Waals surface area contributed by atoms with E-state index >= 15 is 0 Å². The van der Waals surface area contributed by atoms with Gasteiger partial charge in [-0.15, -0.1) is 0 Å². The normalized spacial score (nSPS) is 41.2. The number of aliphatic hydroxyl groups excluding tert-OH is 22. The number of rotatable bonds is 32. The van der Waals surface area contributed by atoms with Gasteiger partial charge in [0.25, 0.3) is 17.4 Å². The van der Waals surface area contributed by atoms with Gasteiger partial charge in [-0.3, -0.25) is 19.2 Å². The molecule has 4 amide bonds. The number of ether oxygens (including phenoxy) is 11. The van der Waals surface area contributed by atoms with E-state index in [0.717, 1.165) is 6.92 Å². The van der Waals surface area contributed by atoms with Crippen molar-refractivity contribution in [3.8, 4) is 0 Å². The molecule has 33 atom stereocenters. The smallest absolute Gasteiger partial charge is 0.364 e. The Balaban J connectivity index is 1.30.